The first-order valence-electron chi connectivity index (χ1n) is 48.2. The minimum absolute atomic E-state index is 0.0123. The van der Waals surface area contributed by atoms with Crippen molar-refractivity contribution in [3.05, 3.63) is 144 Å². The third kappa shape index (κ3) is 41.5. The lowest BCUT2D eigenvalue weighted by molar-refractivity contribution is -0.138. The van der Waals surface area contributed by atoms with Gasteiger partial charge in [-0.05, 0) is 163 Å². The van der Waals surface area contributed by atoms with Crippen molar-refractivity contribution in [2.75, 3.05) is 108 Å². The number of hydrogen-bond acceptors (Lipinski definition) is 24. The van der Waals surface area contributed by atoms with Crippen molar-refractivity contribution in [1.82, 2.24) is 73.1 Å². The number of carboxylic acids is 1. The maximum absolute atomic E-state index is 14.5. The van der Waals surface area contributed by atoms with Gasteiger partial charge in [-0.3, -0.25) is 76.7 Å². The Morgan fingerprint density at radius 2 is 1.05 bits per heavy atom. The number of hydrogen-bond donors (Lipinski definition) is 17. The van der Waals surface area contributed by atoms with Gasteiger partial charge in [0.15, 0.2) is 5.34 Å². The van der Waals surface area contributed by atoms with Gasteiger partial charge >= 0.3 is 19.6 Å². The Bertz CT molecular complexity index is 5150. The van der Waals surface area contributed by atoms with Gasteiger partial charge in [-0.2, -0.15) is 0 Å². The van der Waals surface area contributed by atoms with Crippen LogP contribution in [0, 0.1) is 6.92 Å². The number of ketones is 1. The number of carbonyl (C=O) groups is 15. The molecule has 8 rings (SSSR count). The lowest BCUT2D eigenvalue weighted by Crippen LogP contribution is -2.63. The fourth-order valence-electron chi connectivity index (χ4n) is 15.8. The highest BCUT2D eigenvalue weighted by Gasteiger charge is 2.43. The summed E-state index contributed by atoms with van der Waals surface area (Å²) < 4.78 is 35.6. The molecule has 141 heavy (non-hydrogen) atoms. The molecule has 14 amide bonds. The summed E-state index contributed by atoms with van der Waals surface area (Å²) in [4.78, 5) is 221. The summed E-state index contributed by atoms with van der Waals surface area (Å²) in [5, 5.41) is 59.8. The molecule has 4 aromatic carbocycles. The lowest BCUT2D eigenvalue weighted by Gasteiger charge is -2.38. The molecule has 0 bridgehead atoms. The zero-order chi connectivity index (χ0) is 102. The number of primary amides is 1. The van der Waals surface area contributed by atoms with E-state index in [0.717, 1.165) is 35.6 Å². The number of unbranched alkanes of at least 4 members (excludes halogenated alkanes) is 3. The monoisotopic (exact) mass is 1980 g/mol. The first-order valence-corrected chi connectivity index (χ1v) is 49.9. The Hall–Kier alpha value is -12.8. The Kier molecular flexibility index (Phi) is 49.1. The van der Waals surface area contributed by atoms with Gasteiger partial charge in [-0.1, -0.05) is 103 Å². The van der Waals surface area contributed by atoms with E-state index in [9.17, 15) is 96.5 Å². The van der Waals surface area contributed by atoms with E-state index in [1.165, 1.54) is 0 Å². The SMILES string of the molecule is Cc1ccccc1NC(=O)Nc1ccc(CC(=O)N[C@@H](CCCCNC(=O)CCc2cccnc2)C(=O)N[C@@H](CCCC(=O)O)C(=O)NC2(C(=O)NCCOCCOCCNC(=O)CCC(=O)NCCOCCOCCNC(=O)CCC(=O)N[C@@H](CCCCNC(=O)CCC(=O)N3Cc4ccccc4-c4nnn(CCCC(=O)CCCCC(C)(O)P(=O)(O)O)c4-c4ccccc43)C(N)=O)CCCCC2)cc1. The second kappa shape index (κ2) is 61.0. The number of ether oxygens (including phenoxy) is 4. The van der Waals surface area contributed by atoms with E-state index in [1.807, 2.05) is 67.6 Å². The van der Waals surface area contributed by atoms with Gasteiger partial charge in [0.1, 0.15) is 35.1 Å². The van der Waals surface area contributed by atoms with Crippen molar-refractivity contribution in [3.8, 4) is 22.5 Å². The van der Waals surface area contributed by atoms with Crippen LogP contribution in [0.4, 0.5) is 21.9 Å². The Labute approximate surface area is 819 Å². The van der Waals surface area contributed by atoms with E-state index in [4.69, 9.17) is 24.7 Å². The van der Waals surface area contributed by atoms with Crippen LogP contribution in [0.2, 0.25) is 0 Å². The molecule has 1 aliphatic heterocycles. The van der Waals surface area contributed by atoms with Crippen LogP contribution in [0.15, 0.2) is 122 Å². The number of anilines is 3. The normalized spacial score (nSPS) is 13.6. The number of benzene rings is 4. The van der Waals surface area contributed by atoms with Crippen molar-refractivity contribution in [3.63, 3.8) is 0 Å². The minimum Gasteiger partial charge on any atom is -0.481 e. The summed E-state index contributed by atoms with van der Waals surface area (Å²) in [5.41, 5.74) is 11.7. The van der Waals surface area contributed by atoms with Gasteiger partial charge in [0.2, 0.25) is 70.9 Å². The number of aliphatic hydroxyl groups is 1. The van der Waals surface area contributed by atoms with E-state index in [0.29, 0.717) is 104 Å². The first kappa shape index (κ1) is 113. The third-order valence-corrected chi connectivity index (χ3v) is 25.2. The summed E-state index contributed by atoms with van der Waals surface area (Å²) in [5.74, 6) is -6.94. The summed E-state index contributed by atoms with van der Waals surface area (Å²) in [6.45, 7) is 5.65. The van der Waals surface area contributed by atoms with Crippen molar-refractivity contribution < 1.29 is 115 Å². The standard InChI is InChI=1S/C98H137N18O24P/c1-68-21-4-8-28-76(68)111-96(132)107-72-37-34-69(35-38-72)65-87(124)109-78(30-12-17-51-101-81(118)39-36-70-22-19-49-100-66-70)93(129)110-79(31-18-33-89(126)127)94(130)112-98(47-13-3-14-48-98)95(131)106-55-60-140-64-63-139-58-53-104-83(120)41-40-82(119)103-52-57-137-61-62-138-59-54-105-84(121)42-43-86(123)108-77(92(99)128)29-11-16-50-102-85(122)44-45-88(125)115-67-71-23-5-6-26-74(71)90-91(75-27-7-9-32-80(75)115)116(114-113-90)56-20-25-73(117)24-10-15-46-97(2,133)141(134,135)136/h4-9,19,21-23,26-28,32,34-35,37-38,49,66,77-79,133H,3,10-18,20,24-25,29-31,33,36,39-48,50-65,67H2,1-2H3,(H2,99,128)(H,101,118)(H,102,122)(H,103,119)(H,104,120)(H,105,121)(H,106,131)(H,108,123)(H,109,124)(H,110,129)(H,112,130)(H,126,127)(H2,107,111,132)(H2,134,135,136)/t77-,78-,79-,97?/m0/s1. The van der Waals surface area contributed by atoms with Crippen molar-refractivity contribution >= 4 is 113 Å². The Morgan fingerprint density at radius 3 is 1.65 bits per heavy atom. The predicted octanol–water partition coefficient (Wildman–Crippen LogP) is 5.94. The zero-order valence-corrected chi connectivity index (χ0v) is 81.2. The summed E-state index contributed by atoms with van der Waals surface area (Å²) in [6.07, 6.45) is 8.34. The average Bonchev–Trinajstić information content (AvgIpc) is 1.64. The fourth-order valence-corrected chi connectivity index (χ4v) is 16.3. The molecule has 4 atom stereocenters. The van der Waals surface area contributed by atoms with Crippen LogP contribution in [-0.2, 0) is 117 Å². The molecule has 18 N–H and O–H groups in total. The van der Waals surface area contributed by atoms with E-state index in [1.54, 1.807) is 70.5 Å². The Morgan fingerprint density at radius 1 is 0.511 bits per heavy atom. The maximum Gasteiger partial charge on any atom is 0.356 e. The number of pyridine rings is 1. The van der Waals surface area contributed by atoms with E-state index in [2.05, 4.69) is 79.1 Å². The zero-order valence-electron chi connectivity index (χ0n) is 80.3. The number of aryl methyl sites for hydroxylation is 3. The molecule has 0 spiro atoms. The predicted molar refractivity (Wildman–Crippen MR) is 521 cm³/mol. The number of nitrogens with two attached hydrogens (primary N) is 1. The van der Waals surface area contributed by atoms with Crippen LogP contribution in [-0.4, -0.2) is 250 Å². The second-order valence-corrected chi connectivity index (χ2v) is 37.0. The average molecular weight is 1980 g/mol. The number of fused-ring (bicyclic) bond motifs is 5. The maximum atomic E-state index is 14.5. The number of aromatic nitrogens is 4. The van der Waals surface area contributed by atoms with Crippen LogP contribution in [0.5, 0.6) is 0 Å². The molecule has 0 radical (unpaired) electrons. The van der Waals surface area contributed by atoms with Gasteiger partial charge in [-0.15, -0.1) is 5.10 Å². The van der Waals surface area contributed by atoms with Crippen LogP contribution in [0.1, 0.15) is 203 Å². The van der Waals surface area contributed by atoms with Gasteiger partial charge in [-0.25, -0.2) is 9.48 Å². The summed E-state index contributed by atoms with van der Waals surface area (Å²) in [6, 6.07) is 28.4. The number of para-hydroxylation sites is 2. The first-order chi connectivity index (χ1) is 67.8. The van der Waals surface area contributed by atoms with E-state index < -0.39 is 90.0 Å². The van der Waals surface area contributed by atoms with Crippen LogP contribution < -0.4 is 74.4 Å². The molecule has 1 saturated carbocycles. The lowest BCUT2D eigenvalue weighted by atomic mass is 9.80. The number of carboxylic acid groups (broad SMARTS) is 1. The number of nitrogens with one attached hydrogen (secondary N) is 12. The van der Waals surface area contributed by atoms with Gasteiger partial charge in [0.25, 0.3) is 0 Å². The molecule has 1 unspecified atom stereocenters. The fraction of sp³-hybridized carbons (Fsp3) is 0.531. The molecule has 2 aliphatic rings. The Balaban J connectivity index is 0.630. The molecular weight excluding hydrogens is 1840 g/mol. The molecule has 2 aromatic heterocycles. The van der Waals surface area contributed by atoms with Crippen LogP contribution in [0.3, 0.4) is 0 Å². The minimum atomic E-state index is -4.73. The molecule has 43 heteroatoms. The van der Waals surface area contributed by atoms with Crippen LogP contribution >= 0.6 is 7.60 Å². The van der Waals surface area contributed by atoms with Gasteiger partial charge < -0.3 is 113 Å². The number of aliphatic carboxylic acids is 1. The molecule has 0 saturated heterocycles. The van der Waals surface area contributed by atoms with Crippen molar-refractivity contribution in [2.24, 2.45) is 5.73 Å². The number of carbonyl (C=O) groups excluding carboxylic acids is 14. The third-order valence-electron chi connectivity index (χ3n) is 23.8. The second-order valence-electron chi connectivity index (χ2n) is 35.0. The smallest absolute Gasteiger partial charge is 0.356 e. The molecule has 3 heterocycles. The molecule has 768 valence electrons. The molecule has 1 fully saturated rings. The molecular formula is C98H137N18O24P. The van der Waals surface area contributed by atoms with Crippen molar-refractivity contribution in [1.29, 1.82) is 0 Å². The number of Topliss-reactive ketones (excluding diaryl/α,β-unsaturated/α-hetero) is 1. The quantitative estimate of drug-likeness (QED) is 0.0155. The number of amides is 14. The topological polar surface area (TPSA) is 608 Å². The highest BCUT2D eigenvalue weighted by molar-refractivity contribution is 7.53. The van der Waals surface area contributed by atoms with E-state index in [-0.39, 0.29) is 256 Å². The summed E-state index contributed by atoms with van der Waals surface area (Å²) in [7, 11) is -4.73. The summed E-state index contributed by atoms with van der Waals surface area (Å²) >= 11 is 0. The highest BCUT2D eigenvalue weighted by Crippen LogP contribution is 2.51. The number of rotatable bonds is 66. The molecule has 1 aliphatic carbocycles. The van der Waals surface area contributed by atoms with Crippen molar-refractivity contribution in [2.45, 2.75) is 242 Å². The van der Waals surface area contributed by atoms with Gasteiger partial charge in [0, 0.05) is 145 Å². The number of urea groups is 1. The van der Waals surface area contributed by atoms with Crippen LogP contribution in [0.25, 0.3) is 22.5 Å². The van der Waals surface area contributed by atoms with Gasteiger partial charge in [0.05, 0.1) is 77.2 Å². The molecule has 6 aromatic rings. The largest absolute Gasteiger partial charge is 0.481 e. The number of nitrogens with zero attached hydrogens (tertiary/aromatic N) is 5. The molecule has 42 nitrogen and oxygen atoms in total. The van der Waals surface area contributed by atoms with E-state index >= 15 is 0 Å². The highest BCUT2D eigenvalue weighted by atomic mass is 31.2.